The predicted molar refractivity (Wildman–Crippen MR) is 151 cm³/mol. The van der Waals surface area contributed by atoms with Crippen LogP contribution >= 0.6 is 0 Å². The van der Waals surface area contributed by atoms with Crippen LogP contribution < -0.4 is 15.0 Å². The van der Waals surface area contributed by atoms with Gasteiger partial charge in [0.2, 0.25) is 0 Å². The molecule has 0 spiro atoms. The van der Waals surface area contributed by atoms with Gasteiger partial charge in [0.05, 0.1) is 12.0 Å². The summed E-state index contributed by atoms with van der Waals surface area (Å²) in [7, 11) is 0. The molecule has 1 N–H and O–H groups in total. The average Bonchev–Trinajstić information content (AvgIpc) is 3.30. The van der Waals surface area contributed by atoms with E-state index in [9.17, 15) is 0 Å². The Bertz CT molecular complexity index is 1660. The number of rotatable bonds is 6. The lowest BCUT2D eigenvalue weighted by molar-refractivity contribution is 0.297. The lowest BCUT2D eigenvalue weighted by Crippen LogP contribution is -2.51. The summed E-state index contributed by atoms with van der Waals surface area (Å²) in [5, 5.41) is 6.30. The molecule has 5 aromatic rings. The maximum absolute atomic E-state index is 16.4. The number of aryl methyl sites for hydroxylation is 1. The maximum atomic E-state index is 16.4. The van der Waals surface area contributed by atoms with E-state index in [4.69, 9.17) is 9.72 Å². The first-order valence-corrected chi connectivity index (χ1v) is 13.5. The van der Waals surface area contributed by atoms with Crippen molar-refractivity contribution < 1.29 is 9.13 Å². The van der Waals surface area contributed by atoms with E-state index in [1.165, 1.54) is 0 Å². The molecule has 0 aliphatic carbocycles. The SMILES string of the molecule is Cc1cccc2cccc(-c3ncc4c(N5CC6CCC(C5)N6)nc(OCCc5cccnc5)nc4c3F)c12. The Kier molecular flexibility index (Phi) is 6.04. The van der Waals surface area contributed by atoms with Crippen LogP contribution in [0.3, 0.4) is 0 Å². The molecule has 5 heterocycles. The lowest BCUT2D eigenvalue weighted by atomic mass is 9.97. The van der Waals surface area contributed by atoms with Crippen molar-refractivity contribution in [1.29, 1.82) is 0 Å². The molecular formula is C31H29FN6O. The van der Waals surface area contributed by atoms with Gasteiger partial charge in [-0.15, -0.1) is 0 Å². The summed E-state index contributed by atoms with van der Waals surface area (Å²) >= 11 is 0. The number of pyridine rings is 2. The van der Waals surface area contributed by atoms with Crippen molar-refractivity contribution in [2.24, 2.45) is 0 Å². The molecule has 2 saturated heterocycles. The number of nitrogens with zero attached hydrogens (tertiary/aromatic N) is 5. The number of hydrogen-bond acceptors (Lipinski definition) is 7. The second kappa shape index (κ2) is 9.85. The average molecular weight is 521 g/mol. The highest BCUT2D eigenvalue weighted by Gasteiger charge is 2.34. The van der Waals surface area contributed by atoms with Crippen molar-refractivity contribution in [3.05, 3.63) is 84.1 Å². The van der Waals surface area contributed by atoms with Crippen molar-refractivity contribution in [1.82, 2.24) is 25.3 Å². The molecule has 2 aromatic carbocycles. The standard InChI is InChI=1S/C31H29FN6O/c1-19-5-2-7-21-8-3-9-24(26(19)21)28-27(32)29-25(16-34-28)30(38-17-22-10-11-23(18-38)35-22)37-31(36-29)39-14-12-20-6-4-13-33-15-20/h2-9,13,15-16,22-23,35H,10-12,14,17-18H2,1H3. The number of halogens is 1. The van der Waals surface area contributed by atoms with Crippen LogP contribution in [0.2, 0.25) is 0 Å². The molecule has 2 atom stereocenters. The normalized spacial score (nSPS) is 18.7. The third-order valence-corrected chi connectivity index (χ3v) is 7.87. The zero-order chi connectivity index (χ0) is 26.3. The summed E-state index contributed by atoms with van der Waals surface area (Å²) in [6.45, 7) is 4.02. The lowest BCUT2D eigenvalue weighted by Gasteiger charge is -2.34. The molecule has 2 fully saturated rings. The zero-order valence-electron chi connectivity index (χ0n) is 21.8. The highest BCUT2D eigenvalue weighted by atomic mass is 19.1. The molecule has 0 saturated carbocycles. The van der Waals surface area contributed by atoms with E-state index in [0.29, 0.717) is 36.3 Å². The maximum Gasteiger partial charge on any atom is 0.319 e. The summed E-state index contributed by atoms with van der Waals surface area (Å²) in [5.41, 5.74) is 3.40. The molecule has 196 valence electrons. The number of aromatic nitrogens is 4. The number of nitrogens with one attached hydrogen (secondary N) is 1. The van der Waals surface area contributed by atoms with E-state index in [2.05, 4.69) is 25.2 Å². The molecule has 8 heteroatoms. The van der Waals surface area contributed by atoms with Gasteiger partial charge in [0, 0.05) is 55.7 Å². The van der Waals surface area contributed by atoms with Crippen LogP contribution in [-0.2, 0) is 6.42 Å². The van der Waals surface area contributed by atoms with Crippen molar-refractivity contribution in [2.45, 2.75) is 38.3 Å². The quantitative estimate of drug-likeness (QED) is 0.328. The van der Waals surface area contributed by atoms with Crippen LogP contribution in [-0.4, -0.2) is 51.7 Å². The number of fused-ring (bicyclic) bond motifs is 4. The Morgan fingerprint density at radius 2 is 1.82 bits per heavy atom. The van der Waals surface area contributed by atoms with Crippen LogP contribution in [0.25, 0.3) is 32.9 Å². The Morgan fingerprint density at radius 3 is 2.62 bits per heavy atom. The third-order valence-electron chi connectivity index (χ3n) is 7.87. The van der Waals surface area contributed by atoms with Crippen molar-refractivity contribution in [3.8, 4) is 17.3 Å². The smallest absolute Gasteiger partial charge is 0.319 e. The van der Waals surface area contributed by atoms with Gasteiger partial charge in [-0.25, -0.2) is 4.39 Å². The van der Waals surface area contributed by atoms with Gasteiger partial charge in [-0.1, -0.05) is 42.5 Å². The molecule has 2 aliphatic heterocycles. The van der Waals surface area contributed by atoms with Crippen LogP contribution in [0.5, 0.6) is 6.01 Å². The van der Waals surface area contributed by atoms with E-state index >= 15 is 4.39 Å². The van der Waals surface area contributed by atoms with Crippen LogP contribution in [0.1, 0.15) is 24.0 Å². The van der Waals surface area contributed by atoms with Gasteiger partial charge in [-0.2, -0.15) is 9.97 Å². The Balaban J connectivity index is 1.33. The molecule has 3 aromatic heterocycles. The molecule has 2 aliphatic rings. The first-order valence-electron chi connectivity index (χ1n) is 13.5. The van der Waals surface area contributed by atoms with Gasteiger partial charge in [0.15, 0.2) is 5.82 Å². The third kappa shape index (κ3) is 4.44. The van der Waals surface area contributed by atoms with E-state index in [-0.39, 0.29) is 17.2 Å². The van der Waals surface area contributed by atoms with Crippen molar-refractivity contribution in [3.63, 3.8) is 0 Å². The van der Waals surface area contributed by atoms with Gasteiger partial charge < -0.3 is 15.0 Å². The van der Waals surface area contributed by atoms with Gasteiger partial charge in [-0.05, 0) is 47.7 Å². The summed E-state index contributed by atoms with van der Waals surface area (Å²) in [4.78, 5) is 20.5. The highest BCUT2D eigenvalue weighted by molar-refractivity contribution is 6.00. The first-order chi connectivity index (χ1) is 19.1. The van der Waals surface area contributed by atoms with E-state index in [1.807, 2.05) is 61.7 Å². The number of piperazine rings is 1. The summed E-state index contributed by atoms with van der Waals surface area (Å²) in [5.74, 6) is 0.226. The number of anilines is 1. The minimum absolute atomic E-state index is 0.178. The summed E-state index contributed by atoms with van der Waals surface area (Å²) < 4.78 is 22.5. The van der Waals surface area contributed by atoms with Gasteiger partial charge >= 0.3 is 6.01 Å². The monoisotopic (exact) mass is 520 g/mol. The second-order valence-electron chi connectivity index (χ2n) is 10.5. The van der Waals surface area contributed by atoms with E-state index in [1.54, 1.807) is 12.4 Å². The molecule has 39 heavy (non-hydrogen) atoms. The fraction of sp³-hybridized carbons (Fsp3) is 0.290. The zero-order valence-corrected chi connectivity index (χ0v) is 21.8. The minimum Gasteiger partial charge on any atom is -0.463 e. The van der Waals surface area contributed by atoms with Gasteiger partial charge in [0.25, 0.3) is 0 Å². The van der Waals surface area contributed by atoms with E-state index in [0.717, 1.165) is 53.4 Å². The Hall–Kier alpha value is -4.17. The first kappa shape index (κ1) is 23.9. The Morgan fingerprint density at radius 1 is 1.00 bits per heavy atom. The fourth-order valence-corrected chi connectivity index (χ4v) is 6.02. The second-order valence-corrected chi connectivity index (χ2v) is 10.5. The van der Waals surface area contributed by atoms with E-state index < -0.39 is 5.82 Å². The number of benzene rings is 2. The van der Waals surface area contributed by atoms with Crippen LogP contribution in [0, 0.1) is 12.7 Å². The van der Waals surface area contributed by atoms with Gasteiger partial charge in [-0.3, -0.25) is 9.97 Å². The summed E-state index contributed by atoms with van der Waals surface area (Å²) in [6, 6.07) is 16.9. The predicted octanol–water partition coefficient (Wildman–Crippen LogP) is 5.25. The molecule has 2 bridgehead atoms. The van der Waals surface area contributed by atoms with Crippen molar-refractivity contribution in [2.75, 3.05) is 24.6 Å². The Labute approximate surface area is 226 Å². The summed E-state index contributed by atoms with van der Waals surface area (Å²) in [6.07, 6.45) is 8.21. The largest absolute Gasteiger partial charge is 0.463 e. The molecule has 0 amide bonds. The molecular weight excluding hydrogens is 491 g/mol. The molecule has 7 rings (SSSR count). The topological polar surface area (TPSA) is 76.1 Å². The van der Waals surface area contributed by atoms with Crippen LogP contribution in [0.4, 0.5) is 10.2 Å². The molecule has 0 radical (unpaired) electrons. The number of ether oxygens (including phenoxy) is 1. The number of hydrogen-bond donors (Lipinski definition) is 1. The van der Waals surface area contributed by atoms with Crippen molar-refractivity contribution >= 4 is 27.5 Å². The fourth-order valence-electron chi connectivity index (χ4n) is 6.02. The highest BCUT2D eigenvalue weighted by Crippen LogP contribution is 2.36. The van der Waals surface area contributed by atoms with Gasteiger partial charge in [0.1, 0.15) is 17.0 Å². The molecule has 7 nitrogen and oxygen atoms in total. The molecule has 2 unspecified atom stereocenters. The minimum atomic E-state index is -0.456. The van der Waals surface area contributed by atoms with Crippen LogP contribution in [0.15, 0.2) is 67.1 Å².